The van der Waals surface area contributed by atoms with Crippen molar-refractivity contribution in [2.24, 2.45) is 0 Å². The van der Waals surface area contributed by atoms with Crippen molar-refractivity contribution >= 4 is 33.9 Å². The van der Waals surface area contributed by atoms with Gasteiger partial charge in [0, 0.05) is 27.6 Å². The molecule has 1 heterocycles. The number of nitrogens with one attached hydrogen (secondary N) is 1. The maximum absolute atomic E-state index is 12.7. The van der Waals surface area contributed by atoms with Gasteiger partial charge in [0.2, 0.25) is 0 Å². The lowest BCUT2D eigenvalue weighted by molar-refractivity contribution is -0.385. The Morgan fingerprint density at radius 3 is 2.41 bits per heavy atom. The van der Waals surface area contributed by atoms with Crippen LogP contribution in [0.25, 0.3) is 11.1 Å². The van der Waals surface area contributed by atoms with Crippen molar-refractivity contribution in [3.63, 3.8) is 0 Å². The van der Waals surface area contributed by atoms with Crippen LogP contribution in [0.15, 0.2) is 48.5 Å². The molecule has 0 unspecified atom stereocenters. The zero-order valence-electron chi connectivity index (χ0n) is 16.0. The highest BCUT2D eigenvalue weighted by molar-refractivity contribution is 7.17. The predicted octanol–water partition coefficient (Wildman–Crippen LogP) is 4.98. The first-order valence-electron chi connectivity index (χ1n) is 8.67. The first kappa shape index (κ1) is 20.2. The number of thiophene rings is 1. The summed E-state index contributed by atoms with van der Waals surface area (Å²) in [7, 11) is 1.28. The van der Waals surface area contributed by atoms with E-state index < -0.39 is 16.8 Å². The Morgan fingerprint density at radius 1 is 1.10 bits per heavy atom. The fraction of sp³-hybridized carbons (Fsp3) is 0.143. The summed E-state index contributed by atoms with van der Waals surface area (Å²) in [5.41, 5.74) is 2.22. The molecule has 0 atom stereocenters. The van der Waals surface area contributed by atoms with Crippen molar-refractivity contribution in [3.05, 3.63) is 80.2 Å². The van der Waals surface area contributed by atoms with E-state index in [1.165, 1.54) is 36.6 Å². The van der Waals surface area contributed by atoms with Crippen molar-refractivity contribution in [2.45, 2.75) is 13.8 Å². The standard InChI is InChI=1S/C21H18N2O5S/c1-12-9-10-15(11-16(12)23(26)27)19(24)22-20-18(21(25)28-3)17(13(2)29-20)14-7-5-4-6-8-14/h4-11H,1-3H3,(H,22,24). The van der Waals surface area contributed by atoms with Gasteiger partial charge >= 0.3 is 5.97 Å². The normalized spacial score (nSPS) is 10.4. The minimum atomic E-state index is -0.571. The number of nitro benzene ring substituents is 1. The van der Waals surface area contributed by atoms with Gasteiger partial charge in [0.25, 0.3) is 11.6 Å². The molecule has 1 N–H and O–H groups in total. The molecule has 0 aliphatic carbocycles. The number of ether oxygens (including phenoxy) is 1. The molecular formula is C21H18N2O5S. The highest BCUT2D eigenvalue weighted by Crippen LogP contribution is 2.40. The van der Waals surface area contributed by atoms with Crippen LogP contribution in [0.4, 0.5) is 10.7 Å². The molecule has 0 spiro atoms. The summed E-state index contributed by atoms with van der Waals surface area (Å²) in [5.74, 6) is -1.11. The molecule has 3 aromatic rings. The summed E-state index contributed by atoms with van der Waals surface area (Å²) < 4.78 is 4.93. The van der Waals surface area contributed by atoms with E-state index in [1.807, 2.05) is 37.3 Å². The largest absolute Gasteiger partial charge is 0.465 e. The number of hydrogen-bond donors (Lipinski definition) is 1. The molecule has 0 fully saturated rings. The summed E-state index contributed by atoms with van der Waals surface area (Å²) in [5, 5.41) is 14.2. The van der Waals surface area contributed by atoms with Crippen LogP contribution in [-0.4, -0.2) is 23.9 Å². The molecule has 7 nitrogen and oxygen atoms in total. The van der Waals surface area contributed by atoms with Gasteiger partial charge in [-0.2, -0.15) is 0 Å². The lowest BCUT2D eigenvalue weighted by Crippen LogP contribution is -2.14. The number of aryl methyl sites for hydroxylation is 2. The van der Waals surface area contributed by atoms with Gasteiger partial charge in [0.05, 0.1) is 12.0 Å². The van der Waals surface area contributed by atoms with Crippen LogP contribution in [0.2, 0.25) is 0 Å². The number of hydrogen-bond acceptors (Lipinski definition) is 6. The summed E-state index contributed by atoms with van der Waals surface area (Å²) >= 11 is 1.25. The molecule has 148 valence electrons. The van der Waals surface area contributed by atoms with Crippen molar-refractivity contribution in [3.8, 4) is 11.1 Å². The highest BCUT2D eigenvalue weighted by Gasteiger charge is 2.25. The van der Waals surface area contributed by atoms with Crippen molar-refractivity contribution in [1.29, 1.82) is 0 Å². The Bertz CT molecular complexity index is 1110. The van der Waals surface area contributed by atoms with Gasteiger partial charge in [0.1, 0.15) is 10.6 Å². The number of nitrogens with zero attached hydrogens (tertiary/aromatic N) is 1. The Hall–Kier alpha value is -3.52. The first-order chi connectivity index (χ1) is 13.8. The minimum absolute atomic E-state index is 0.130. The van der Waals surface area contributed by atoms with Gasteiger partial charge in [-0.05, 0) is 25.5 Å². The smallest absolute Gasteiger partial charge is 0.341 e. The number of anilines is 1. The maximum Gasteiger partial charge on any atom is 0.341 e. The van der Waals surface area contributed by atoms with E-state index in [9.17, 15) is 19.7 Å². The van der Waals surface area contributed by atoms with E-state index in [1.54, 1.807) is 6.92 Å². The zero-order chi connectivity index (χ0) is 21.1. The van der Waals surface area contributed by atoms with Gasteiger partial charge in [-0.15, -0.1) is 11.3 Å². The summed E-state index contributed by atoms with van der Waals surface area (Å²) in [6.45, 7) is 3.45. The number of carbonyl (C=O) groups excluding carboxylic acids is 2. The molecular weight excluding hydrogens is 392 g/mol. The SMILES string of the molecule is COC(=O)c1c(NC(=O)c2ccc(C)c([N+](=O)[O-])c2)sc(C)c1-c1ccccc1. The van der Waals surface area contributed by atoms with Gasteiger partial charge in [-0.25, -0.2) is 4.79 Å². The maximum atomic E-state index is 12.7. The Balaban J connectivity index is 2.04. The van der Waals surface area contributed by atoms with E-state index in [0.29, 0.717) is 16.1 Å². The van der Waals surface area contributed by atoms with Gasteiger partial charge in [0.15, 0.2) is 0 Å². The van der Waals surface area contributed by atoms with Gasteiger partial charge in [-0.3, -0.25) is 14.9 Å². The third-order valence-electron chi connectivity index (χ3n) is 4.43. The fourth-order valence-electron chi connectivity index (χ4n) is 3.00. The van der Waals surface area contributed by atoms with Crippen LogP contribution in [-0.2, 0) is 4.74 Å². The van der Waals surface area contributed by atoms with Crippen molar-refractivity contribution in [2.75, 3.05) is 12.4 Å². The van der Waals surface area contributed by atoms with Crippen LogP contribution in [0, 0.1) is 24.0 Å². The van der Waals surface area contributed by atoms with E-state index in [4.69, 9.17) is 4.74 Å². The predicted molar refractivity (Wildman–Crippen MR) is 112 cm³/mol. The van der Waals surface area contributed by atoms with E-state index in [0.717, 1.165) is 10.4 Å². The molecule has 0 bridgehead atoms. The molecule has 0 saturated heterocycles. The first-order valence-corrected chi connectivity index (χ1v) is 9.48. The Labute approximate surface area is 171 Å². The van der Waals surface area contributed by atoms with E-state index in [2.05, 4.69) is 5.32 Å². The molecule has 1 amide bonds. The summed E-state index contributed by atoms with van der Waals surface area (Å²) in [6, 6.07) is 13.6. The molecule has 2 aromatic carbocycles. The number of rotatable bonds is 5. The number of benzene rings is 2. The molecule has 8 heteroatoms. The van der Waals surface area contributed by atoms with Crippen molar-refractivity contribution in [1.82, 2.24) is 0 Å². The molecule has 29 heavy (non-hydrogen) atoms. The van der Waals surface area contributed by atoms with Crippen LogP contribution in [0.1, 0.15) is 31.2 Å². The molecule has 3 rings (SSSR count). The average molecular weight is 410 g/mol. The fourth-order valence-corrected chi connectivity index (χ4v) is 4.06. The topological polar surface area (TPSA) is 98.5 Å². The second-order valence-electron chi connectivity index (χ2n) is 6.31. The third-order valence-corrected chi connectivity index (χ3v) is 5.45. The van der Waals surface area contributed by atoms with Gasteiger partial charge in [-0.1, -0.05) is 36.4 Å². The minimum Gasteiger partial charge on any atom is -0.465 e. The summed E-state index contributed by atoms with van der Waals surface area (Å²) in [6.07, 6.45) is 0. The summed E-state index contributed by atoms with van der Waals surface area (Å²) in [4.78, 5) is 36.7. The molecule has 0 radical (unpaired) electrons. The number of carbonyl (C=O) groups is 2. The number of nitro groups is 1. The highest BCUT2D eigenvalue weighted by atomic mass is 32.1. The Kier molecular flexibility index (Phi) is 5.74. The zero-order valence-corrected chi connectivity index (χ0v) is 16.8. The van der Waals surface area contributed by atoms with E-state index in [-0.39, 0.29) is 16.8 Å². The monoisotopic (exact) mass is 410 g/mol. The van der Waals surface area contributed by atoms with Crippen molar-refractivity contribution < 1.29 is 19.2 Å². The number of esters is 1. The van der Waals surface area contributed by atoms with Gasteiger partial charge < -0.3 is 10.1 Å². The van der Waals surface area contributed by atoms with Crippen LogP contribution in [0.5, 0.6) is 0 Å². The number of amides is 1. The molecule has 0 aliphatic heterocycles. The number of methoxy groups -OCH3 is 1. The van der Waals surface area contributed by atoms with Crippen LogP contribution >= 0.6 is 11.3 Å². The second-order valence-corrected chi connectivity index (χ2v) is 7.53. The quantitative estimate of drug-likeness (QED) is 0.363. The van der Waals surface area contributed by atoms with Crippen LogP contribution in [0.3, 0.4) is 0 Å². The van der Waals surface area contributed by atoms with E-state index >= 15 is 0 Å². The molecule has 0 saturated carbocycles. The lowest BCUT2D eigenvalue weighted by atomic mass is 10.0. The Morgan fingerprint density at radius 2 is 1.79 bits per heavy atom. The lowest BCUT2D eigenvalue weighted by Gasteiger charge is -2.08. The average Bonchev–Trinajstić information content (AvgIpc) is 3.03. The second kappa shape index (κ2) is 8.24. The van der Waals surface area contributed by atoms with Crippen LogP contribution < -0.4 is 5.32 Å². The molecule has 0 aliphatic rings. The molecule has 1 aromatic heterocycles. The third kappa shape index (κ3) is 4.02.